The molecule has 5 rings (SSSR count). The van der Waals surface area contributed by atoms with Gasteiger partial charge in [0, 0.05) is 31.0 Å². The molecule has 3 heterocycles. The molecule has 0 saturated carbocycles. The van der Waals surface area contributed by atoms with E-state index in [1.165, 1.54) is 0 Å². The minimum absolute atomic E-state index is 0. The first-order valence-electron chi connectivity index (χ1n) is 12.6. The molecule has 3 unspecified atom stereocenters. The number of benzene rings is 1. The molecule has 0 aromatic heterocycles. The molecule has 3 saturated heterocycles. The number of amides is 1. The molecule has 4 aliphatic rings. The normalized spacial score (nSPS) is 26.9. The van der Waals surface area contributed by atoms with Crippen LogP contribution in [0.4, 0.5) is 0 Å². The van der Waals surface area contributed by atoms with E-state index in [9.17, 15) is 4.79 Å². The van der Waals surface area contributed by atoms with Crippen LogP contribution in [0.15, 0.2) is 42.5 Å². The van der Waals surface area contributed by atoms with Crippen molar-refractivity contribution in [2.45, 2.75) is 44.2 Å². The van der Waals surface area contributed by atoms with E-state index < -0.39 is 0 Å². The summed E-state index contributed by atoms with van der Waals surface area (Å²) in [5.74, 6) is 2.81. The number of nitrogens with one attached hydrogen (secondary N) is 2. The lowest BCUT2D eigenvalue weighted by molar-refractivity contribution is 0.0663. The summed E-state index contributed by atoms with van der Waals surface area (Å²) in [4.78, 5) is 16.3. The summed E-state index contributed by atoms with van der Waals surface area (Å²) in [7, 11) is 1.62. The number of ether oxygens (including phenoxy) is 2. The first-order chi connectivity index (χ1) is 16.6. The van der Waals surface area contributed by atoms with Crippen LogP contribution in [-0.4, -0.2) is 61.2 Å². The maximum Gasteiger partial charge on any atom is 0.257 e. The zero-order valence-corrected chi connectivity index (χ0v) is 21.9. The molecule has 3 fully saturated rings. The Balaban J connectivity index is 0.00000289. The summed E-state index contributed by atoms with van der Waals surface area (Å²) in [5, 5.41) is 6.91. The number of piperidine rings is 3. The minimum atomic E-state index is 0. The topological polar surface area (TPSA) is 62.8 Å². The molecule has 6 nitrogen and oxygen atoms in total. The molecule has 1 aliphatic carbocycles. The van der Waals surface area contributed by atoms with Crippen molar-refractivity contribution in [3.05, 3.63) is 48.1 Å². The molecule has 0 bridgehead atoms. The average molecular weight is 518 g/mol. The Kier molecular flexibility index (Phi) is 8.73. The number of carbonyl (C=O) groups is 1. The van der Waals surface area contributed by atoms with Crippen LogP contribution in [0.1, 0.15) is 42.5 Å². The third-order valence-electron chi connectivity index (χ3n) is 7.81. The van der Waals surface area contributed by atoms with Crippen LogP contribution in [0.2, 0.25) is 0 Å². The van der Waals surface area contributed by atoms with Gasteiger partial charge in [-0.1, -0.05) is 36.5 Å². The fourth-order valence-corrected chi connectivity index (χ4v) is 6.24. The van der Waals surface area contributed by atoms with E-state index in [1.54, 1.807) is 7.11 Å². The number of allylic oxidation sites excluding steroid dienone is 2. The number of nitrogens with zero attached hydrogens (tertiary/aromatic N) is 1. The fourth-order valence-electron chi connectivity index (χ4n) is 5.81. The summed E-state index contributed by atoms with van der Waals surface area (Å²) in [6, 6.07) is 5.95. The maximum absolute atomic E-state index is 13.4. The number of hydrogen-bond donors (Lipinski definition) is 2. The number of methoxy groups -OCH3 is 1. The molecule has 1 aromatic rings. The Morgan fingerprint density at radius 2 is 1.83 bits per heavy atom. The highest BCUT2D eigenvalue weighted by atomic mass is 35.5. The quantitative estimate of drug-likeness (QED) is 0.572. The monoisotopic (exact) mass is 517 g/mol. The van der Waals surface area contributed by atoms with Gasteiger partial charge in [0.25, 0.3) is 5.91 Å². The van der Waals surface area contributed by atoms with Crippen molar-refractivity contribution in [2.75, 3.05) is 33.3 Å². The van der Waals surface area contributed by atoms with Gasteiger partial charge in [-0.3, -0.25) is 4.79 Å². The van der Waals surface area contributed by atoms with E-state index in [0.717, 1.165) is 69.0 Å². The van der Waals surface area contributed by atoms with E-state index >= 15 is 0 Å². The Hall–Kier alpha value is -2.09. The van der Waals surface area contributed by atoms with Crippen molar-refractivity contribution < 1.29 is 14.3 Å². The minimum Gasteiger partial charge on any atom is -0.496 e. The molecular formula is C27H36ClN3O3S. The van der Waals surface area contributed by atoms with Gasteiger partial charge in [-0.05, 0) is 63.2 Å². The zero-order chi connectivity index (χ0) is 23.5. The first-order valence-corrected chi connectivity index (χ1v) is 13.0. The average Bonchev–Trinajstić information content (AvgIpc) is 2.88. The van der Waals surface area contributed by atoms with Gasteiger partial charge >= 0.3 is 0 Å². The van der Waals surface area contributed by atoms with Gasteiger partial charge in [0.2, 0.25) is 0 Å². The number of thiocarbonyl (C=S) groups is 1. The summed E-state index contributed by atoms with van der Waals surface area (Å²) in [5.41, 5.74) is 0.607. The standard InChI is InChI=1S/C27H35N3O3S.ClH/c1-32-25-17-21(33-20-8-12-28-13-9-20)6-7-22(25)27(31)30-14-10-18(11-15-30)23-16-19-4-2-3-5-24(19)29-26(23)34;/h2-7,17-20,23-24,28H,8-16H2,1H3,(H,29,34);1H. The molecule has 1 amide bonds. The summed E-state index contributed by atoms with van der Waals surface area (Å²) in [6.07, 6.45) is 14.0. The van der Waals surface area contributed by atoms with Gasteiger partial charge in [-0.15, -0.1) is 12.4 Å². The SMILES string of the molecule is COc1cc(OC2CCNCC2)ccc1C(=O)N1CCC(C2CC3C=CC=CC3NC2=S)CC1.Cl. The Morgan fingerprint density at radius 1 is 1.09 bits per heavy atom. The molecule has 8 heteroatoms. The molecule has 2 N–H and O–H groups in total. The Morgan fingerprint density at radius 3 is 2.57 bits per heavy atom. The van der Waals surface area contributed by atoms with Crippen molar-refractivity contribution in [1.82, 2.24) is 15.5 Å². The van der Waals surface area contributed by atoms with E-state index in [0.29, 0.717) is 35.1 Å². The van der Waals surface area contributed by atoms with Crippen LogP contribution < -0.4 is 20.1 Å². The second-order valence-electron chi connectivity index (χ2n) is 9.87. The summed E-state index contributed by atoms with van der Waals surface area (Å²) in [6.45, 7) is 3.46. The van der Waals surface area contributed by atoms with Gasteiger partial charge in [0.15, 0.2) is 0 Å². The third kappa shape index (κ3) is 5.84. The molecule has 190 valence electrons. The summed E-state index contributed by atoms with van der Waals surface area (Å²) >= 11 is 5.76. The predicted molar refractivity (Wildman–Crippen MR) is 145 cm³/mol. The number of rotatable bonds is 5. The van der Waals surface area contributed by atoms with Crippen molar-refractivity contribution in [3.63, 3.8) is 0 Å². The summed E-state index contributed by atoms with van der Waals surface area (Å²) < 4.78 is 11.7. The second kappa shape index (κ2) is 11.8. The van der Waals surface area contributed by atoms with E-state index in [-0.39, 0.29) is 24.4 Å². The van der Waals surface area contributed by atoms with Gasteiger partial charge in [0.1, 0.15) is 17.6 Å². The van der Waals surface area contributed by atoms with Gasteiger partial charge in [-0.25, -0.2) is 0 Å². The smallest absolute Gasteiger partial charge is 0.257 e. The van der Waals surface area contributed by atoms with E-state index in [1.807, 2.05) is 23.1 Å². The van der Waals surface area contributed by atoms with Gasteiger partial charge in [-0.2, -0.15) is 0 Å². The van der Waals surface area contributed by atoms with Crippen LogP contribution >= 0.6 is 24.6 Å². The molecule has 3 atom stereocenters. The van der Waals surface area contributed by atoms with Crippen LogP contribution in [0.3, 0.4) is 0 Å². The van der Waals surface area contributed by atoms with Crippen LogP contribution in [-0.2, 0) is 0 Å². The van der Waals surface area contributed by atoms with Gasteiger partial charge in [0.05, 0.1) is 23.7 Å². The highest BCUT2D eigenvalue weighted by Gasteiger charge is 2.38. The number of halogens is 1. The first kappa shape index (κ1) is 26.0. The number of fused-ring (bicyclic) bond motifs is 1. The number of carbonyl (C=O) groups excluding carboxylic acids is 1. The van der Waals surface area contributed by atoms with E-state index in [4.69, 9.17) is 21.7 Å². The maximum atomic E-state index is 13.4. The van der Waals surface area contributed by atoms with Gasteiger partial charge < -0.3 is 25.0 Å². The highest BCUT2D eigenvalue weighted by molar-refractivity contribution is 7.80. The van der Waals surface area contributed by atoms with E-state index in [2.05, 4.69) is 34.9 Å². The van der Waals surface area contributed by atoms with Crippen molar-refractivity contribution in [2.24, 2.45) is 17.8 Å². The lowest BCUT2D eigenvalue weighted by atomic mass is 9.74. The third-order valence-corrected chi connectivity index (χ3v) is 8.23. The van der Waals surface area contributed by atoms with Crippen LogP contribution in [0.5, 0.6) is 11.5 Å². The Labute approximate surface area is 219 Å². The van der Waals surface area contributed by atoms with Crippen molar-refractivity contribution in [1.29, 1.82) is 0 Å². The molecule has 0 spiro atoms. The second-order valence-corrected chi connectivity index (χ2v) is 10.3. The lowest BCUT2D eigenvalue weighted by Crippen LogP contribution is -2.51. The molecular weight excluding hydrogens is 482 g/mol. The predicted octanol–water partition coefficient (Wildman–Crippen LogP) is 4.15. The zero-order valence-electron chi connectivity index (χ0n) is 20.3. The van der Waals surface area contributed by atoms with Crippen LogP contribution in [0.25, 0.3) is 0 Å². The molecule has 1 aromatic carbocycles. The van der Waals surface area contributed by atoms with Crippen molar-refractivity contribution in [3.8, 4) is 11.5 Å². The lowest BCUT2D eigenvalue weighted by Gasteiger charge is -2.42. The Bertz CT molecular complexity index is 970. The molecule has 0 radical (unpaired) electrons. The number of likely N-dealkylation sites (tertiary alicyclic amines) is 1. The van der Waals surface area contributed by atoms with Crippen molar-refractivity contribution >= 4 is 35.5 Å². The highest BCUT2D eigenvalue weighted by Crippen LogP contribution is 2.37. The molecule has 3 aliphatic heterocycles. The fraction of sp³-hybridized carbons (Fsp3) is 0.556. The largest absolute Gasteiger partial charge is 0.496 e. The molecule has 35 heavy (non-hydrogen) atoms. The van der Waals surface area contributed by atoms with Crippen LogP contribution in [0, 0.1) is 17.8 Å². The number of hydrogen-bond acceptors (Lipinski definition) is 5.